The minimum atomic E-state index is 0.0550. The van der Waals surface area contributed by atoms with Gasteiger partial charge in [0.05, 0.1) is 6.54 Å². The molecule has 0 fully saturated rings. The van der Waals surface area contributed by atoms with E-state index in [9.17, 15) is 4.79 Å². The average molecular weight is 312 g/mol. The highest BCUT2D eigenvalue weighted by Gasteiger charge is 2.16. The molecule has 1 aliphatic heterocycles. The van der Waals surface area contributed by atoms with E-state index in [1.807, 2.05) is 60.5 Å². The van der Waals surface area contributed by atoms with Crippen molar-refractivity contribution in [3.8, 4) is 11.5 Å². The molecule has 0 saturated carbocycles. The van der Waals surface area contributed by atoms with E-state index in [0.29, 0.717) is 13.1 Å². The van der Waals surface area contributed by atoms with E-state index < -0.39 is 0 Å². The lowest BCUT2D eigenvalue weighted by molar-refractivity contribution is -0.119. The summed E-state index contributed by atoms with van der Waals surface area (Å²) in [4.78, 5) is 16.0. The Morgan fingerprint density at radius 3 is 2.57 bits per heavy atom. The highest BCUT2D eigenvalue weighted by Crippen LogP contribution is 2.32. The first-order chi connectivity index (χ1) is 11.1. The topological polar surface area (TPSA) is 42.0 Å². The monoisotopic (exact) mass is 312 g/mol. The molecule has 2 aromatic rings. The maximum atomic E-state index is 12.4. The lowest BCUT2D eigenvalue weighted by Gasteiger charge is -2.22. The Kier molecular flexibility index (Phi) is 4.48. The lowest BCUT2D eigenvalue weighted by Crippen LogP contribution is -2.36. The number of hydrogen-bond acceptors (Lipinski definition) is 4. The molecule has 1 amide bonds. The van der Waals surface area contributed by atoms with Gasteiger partial charge in [-0.15, -0.1) is 0 Å². The highest BCUT2D eigenvalue weighted by molar-refractivity contribution is 5.94. The van der Waals surface area contributed by atoms with Gasteiger partial charge in [-0.2, -0.15) is 0 Å². The van der Waals surface area contributed by atoms with Crippen LogP contribution in [-0.4, -0.2) is 38.2 Å². The molecule has 0 radical (unpaired) electrons. The van der Waals surface area contributed by atoms with Gasteiger partial charge in [-0.1, -0.05) is 24.3 Å². The second kappa shape index (κ2) is 6.71. The van der Waals surface area contributed by atoms with Crippen LogP contribution in [0, 0.1) is 0 Å². The van der Waals surface area contributed by atoms with Crippen LogP contribution in [0.2, 0.25) is 0 Å². The van der Waals surface area contributed by atoms with E-state index in [0.717, 1.165) is 22.7 Å². The summed E-state index contributed by atoms with van der Waals surface area (Å²) >= 11 is 0. The summed E-state index contributed by atoms with van der Waals surface area (Å²) in [6, 6.07) is 15.5. The van der Waals surface area contributed by atoms with Crippen molar-refractivity contribution in [2.75, 3.05) is 32.3 Å². The number of fused-ring (bicyclic) bond motifs is 1. The number of carbonyl (C=O) groups excluding carboxylic acids is 1. The molecule has 0 N–H and O–H groups in total. The van der Waals surface area contributed by atoms with Crippen LogP contribution in [0.5, 0.6) is 11.5 Å². The second-order valence-electron chi connectivity index (χ2n) is 5.65. The van der Waals surface area contributed by atoms with Gasteiger partial charge in [-0.3, -0.25) is 9.69 Å². The summed E-state index contributed by atoms with van der Waals surface area (Å²) in [5.74, 6) is 1.60. The van der Waals surface area contributed by atoms with Gasteiger partial charge in [0.2, 0.25) is 12.7 Å². The molecule has 3 rings (SSSR count). The molecule has 23 heavy (non-hydrogen) atoms. The Morgan fingerprint density at radius 1 is 1.04 bits per heavy atom. The molecule has 0 aromatic heterocycles. The number of nitrogens with zero attached hydrogens (tertiary/aromatic N) is 2. The van der Waals surface area contributed by atoms with Crippen LogP contribution in [0.15, 0.2) is 48.5 Å². The molecule has 0 bridgehead atoms. The normalized spacial score (nSPS) is 12.5. The van der Waals surface area contributed by atoms with Gasteiger partial charge >= 0.3 is 0 Å². The molecule has 5 heteroatoms. The second-order valence-corrected chi connectivity index (χ2v) is 5.65. The standard InChI is InChI=1S/C18H20N2O3/c1-19(11-14-8-9-16-17(10-14)23-13-22-16)12-18(21)20(2)15-6-4-3-5-7-15/h3-10H,11-13H2,1-2H3. The molecule has 2 aromatic carbocycles. The third-order valence-corrected chi connectivity index (χ3v) is 3.81. The summed E-state index contributed by atoms with van der Waals surface area (Å²) < 4.78 is 10.7. The van der Waals surface area contributed by atoms with Gasteiger partial charge in [0.25, 0.3) is 0 Å². The lowest BCUT2D eigenvalue weighted by atomic mass is 10.2. The number of para-hydroxylation sites is 1. The van der Waals surface area contributed by atoms with Gasteiger partial charge in [-0.25, -0.2) is 0 Å². The van der Waals surface area contributed by atoms with E-state index >= 15 is 0 Å². The minimum absolute atomic E-state index is 0.0550. The van der Waals surface area contributed by atoms with E-state index in [1.165, 1.54) is 0 Å². The van der Waals surface area contributed by atoms with Crippen molar-refractivity contribution in [2.45, 2.75) is 6.54 Å². The van der Waals surface area contributed by atoms with Gasteiger partial charge in [-0.05, 0) is 36.9 Å². The van der Waals surface area contributed by atoms with E-state index in [4.69, 9.17) is 9.47 Å². The predicted molar refractivity (Wildman–Crippen MR) is 88.8 cm³/mol. The van der Waals surface area contributed by atoms with Gasteiger partial charge in [0.15, 0.2) is 11.5 Å². The molecule has 5 nitrogen and oxygen atoms in total. The van der Waals surface area contributed by atoms with Crippen molar-refractivity contribution in [1.29, 1.82) is 0 Å². The molecule has 1 heterocycles. The number of carbonyl (C=O) groups is 1. The van der Waals surface area contributed by atoms with Crippen LogP contribution in [0.4, 0.5) is 5.69 Å². The SMILES string of the molecule is CN(CC(=O)N(C)c1ccccc1)Cc1ccc2c(c1)OCO2. The van der Waals surface area contributed by atoms with E-state index in [-0.39, 0.29) is 12.7 Å². The van der Waals surface area contributed by atoms with Crippen LogP contribution < -0.4 is 14.4 Å². The first-order valence-electron chi connectivity index (χ1n) is 7.52. The highest BCUT2D eigenvalue weighted by atomic mass is 16.7. The van der Waals surface area contributed by atoms with Crippen molar-refractivity contribution >= 4 is 11.6 Å². The van der Waals surface area contributed by atoms with Gasteiger partial charge in [0, 0.05) is 19.3 Å². The largest absolute Gasteiger partial charge is 0.454 e. The maximum Gasteiger partial charge on any atom is 0.240 e. The number of ether oxygens (including phenoxy) is 2. The summed E-state index contributed by atoms with van der Waals surface area (Å²) in [6.07, 6.45) is 0. The number of benzene rings is 2. The molecule has 0 atom stereocenters. The summed E-state index contributed by atoms with van der Waals surface area (Å²) in [5.41, 5.74) is 1.99. The fourth-order valence-corrected chi connectivity index (χ4v) is 2.54. The Balaban J connectivity index is 1.58. The number of likely N-dealkylation sites (N-methyl/N-ethyl adjacent to an activating group) is 2. The van der Waals surface area contributed by atoms with Crippen LogP contribution in [0.3, 0.4) is 0 Å². The molecular weight excluding hydrogens is 292 g/mol. The first kappa shape index (κ1) is 15.4. The van der Waals surface area contributed by atoms with Crippen LogP contribution >= 0.6 is 0 Å². The summed E-state index contributed by atoms with van der Waals surface area (Å²) in [5, 5.41) is 0. The third kappa shape index (κ3) is 3.63. The number of hydrogen-bond donors (Lipinski definition) is 0. The Bertz CT molecular complexity index is 688. The Hall–Kier alpha value is -2.53. The zero-order valence-electron chi connectivity index (χ0n) is 13.4. The first-order valence-corrected chi connectivity index (χ1v) is 7.52. The number of anilines is 1. The van der Waals surface area contributed by atoms with E-state index in [1.54, 1.807) is 11.9 Å². The molecule has 0 saturated heterocycles. The summed E-state index contributed by atoms with van der Waals surface area (Å²) in [6.45, 7) is 1.29. The molecule has 0 spiro atoms. The zero-order chi connectivity index (χ0) is 16.2. The van der Waals surface area contributed by atoms with Gasteiger partial charge < -0.3 is 14.4 Å². The molecule has 0 unspecified atom stereocenters. The quantitative estimate of drug-likeness (QED) is 0.851. The molecule has 120 valence electrons. The van der Waals surface area contributed by atoms with E-state index in [2.05, 4.69) is 0 Å². The average Bonchev–Trinajstić information content (AvgIpc) is 3.02. The smallest absolute Gasteiger partial charge is 0.240 e. The van der Waals surface area contributed by atoms with Crippen LogP contribution in [-0.2, 0) is 11.3 Å². The molecule has 0 aliphatic carbocycles. The molecular formula is C18H20N2O3. The minimum Gasteiger partial charge on any atom is -0.454 e. The third-order valence-electron chi connectivity index (χ3n) is 3.81. The zero-order valence-corrected chi connectivity index (χ0v) is 13.4. The van der Waals surface area contributed by atoms with Crippen molar-refractivity contribution in [3.63, 3.8) is 0 Å². The number of rotatable bonds is 5. The number of amides is 1. The fourth-order valence-electron chi connectivity index (χ4n) is 2.54. The van der Waals surface area contributed by atoms with Gasteiger partial charge in [0.1, 0.15) is 0 Å². The van der Waals surface area contributed by atoms with Crippen molar-refractivity contribution < 1.29 is 14.3 Å². The maximum absolute atomic E-state index is 12.4. The van der Waals surface area contributed by atoms with Crippen molar-refractivity contribution in [1.82, 2.24) is 4.90 Å². The van der Waals surface area contributed by atoms with Crippen molar-refractivity contribution in [3.05, 3.63) is 54.1 Å². The summed E-state index contributed by atoms with van der Waals surface area (Å²) in [7, 11) is 3.73. The van der Waals surface area contributed by atoms with Crippen molar-refractivity contribution in [2.24, 2.45) is 0 Å². The van der Waals surface area contributed by atoms with Crippen LogP contribution in [0.1, 0.15) is 5.56 Å². The Labute approximate surface area is 136 Å². The fraction of sp³-hybridized carbons (Fsp3) is 0.278. The predicted octanol–water partition coefficient (Wildman–Crippen LogP) is 2.51. The molecule has 1 aliphatic rings. The van der Waals surface area contributed by atoms with Crippen LogP contribution in [0.25, 0.3) is 0 Å². The Morgan fingerprint density at radius 2 is 1.78 bits per heavy atom.